The minimum atomic E-state index is 0.783. The zero-order chi connectivity index (χ0) is 12.6. The van der Waals surface area contributed by atoms with Gasteiger partial charge in [-0.1, -0.05) is 23.9 Å². The lowest BCUT2D eigenvalue weighted by atomic mass is 10.3. The second-order valence-electron chi connectivity index (χ2n) is 3.89. The van der Waals surface area contributed by atoms with E-state index < -0.39 is 0 Å². The van der Waals surface area contributed by atoms with Crippen LogP contribution in [0.4, 0.5) is 0 Å². The summed E-state index contributed by atoms with van der Waals surface area (Å²) in [6, 6.07) is 8.30. The van der Waals surface area contributed by atoms with Gasteiger partial charge in [-0.15, -0.1) is 11.3 Å². The van der Waals surface area contributed by atoms with Crippen molar-refractivity contribution in [3.63, 3.8) is 0 Å². The molecule has 0 amide bonds. The highest BCUT2D eigenvalue weighted by atomic mass is 32.2. The summed E-state index contributed by atoms with van der Waals surface area (Å²) in [5.74, 6) is 1.11. The highest BCUT2D eigenvalue weighted by Crippen LogP contribution is 2.29. The summed E-state index contributed by atoms with van der Waals surface area (Å²) in [5, 5.41) is 3.34. The van der Waals surface area contributed by atoms with E-state index in [9.17, 15) is 0 Å². The topological polar surface area (TPSA) is 34.1 Å². The van der Waals surface area contributed by atoms with Crippen LogP contribution in [0.15, 0.2) is 28.6 Å². The van der Waals surface area contributed by atoms with Crippen molar-refractivity contribution in [3.05, 3.63) is 24.3 Å². The molecule has 0 radical (unpaired) electrons. The van der Waals surface area contributed by atoms with E-state index in [0.717, 1.165) is 37.4 Å². The normalized spacial score (nSPS) is 11.2. The van der Waals surface area contributed by atoms with Gasteiger partial charge in [-0.25, -0.2) is 4.98 Å². The first-order valence-corrected chi connectivity index (χ1v) is 7.88. The number of aromatic nitrogens is 1. The Morgan fingerprint density at radius 2 is 2.22 bits per heavy atom. The lowest BCUT2D eigenvalue weighted by Gasteiger charge is -2.02. The van der Waals surface area contributed by atoms with E-state index in [-0.39, 0.29) is 0 Å². The zero-order valence-electron chi connectivity index (χ0n) is 10.5. The van der Waals surface area contributed by atoms with Crippen LogP contribution in [0.1, 0.15) is 6.42 Å². The lowest BCUT2D eigenvalue weighted by molar-refractivity contribution is 0.199. The first kappa shape index (κ1) is 13.8. The third-order valence-electron chi connectivity index (χ3n) is 2.48. The average molecular weight is 282 g/mol. The molecule has 0 bridgehead atoms. The van der Waals surface area contributed by atoms with Crippen LogP contribution in [0.5, 0.6) is 0 Å². The Morgan fingerprint density at radius 3 is 3.06 bits per heavy atom. The maximum atomic E-state index is 4.98. The van der Waals surface area contributed by atoms with Crippen molar-refractivity contribution in [2.75, 3.05) is 32.6 Å². The number of benzene rings is 1. The fourth-order valence-electron chi connectivity index (χ4n) is 1.57. The highest BCUT2D eigenvalue weighted by Gasteiger charge is 2.02. The third-order valence-corrected chi connectivity index (χ3v) is 4.75. The maximum absolute atomic E-state index is 4.98. The van der Waals surface area contributed by atoms with E-state index in [1.54, 1.807) is 18.4 Å². The van der Waals surface area contributed by atoms with E-state index in [2.05, 4.69) is 28.5 Å². The highest BCUT2D eigenvalue weighted by molar-refractivity contribution is 8.01. The number of fused-ring (bicyclic) bond motifs is 1. The second-order valence-corrected chi connectivity index (χ2v) is 6.27. The van der Waals surface area contributed by atoms with E-state index in [1.807, 2.05) is 17.8 Å². The Labute approximate surface area is 116 Å². The van der Waals surface area contributed by atoms with Gasteiger partial charge in [0.15, 0.2) is 4.34 Å². The number of hydrogen-bond acceptors (Lipinski definition) is 5. The number of thiazole rings is 1. The van der Waals surface area contributed by atoms with Crippen molar-refractivity contribution in [2.45, 2.75) is 10.8 Å². The lowest BCUT2D eigenvalue weighted by Crippen LogP contribution is -2.20. The van der Waals surface area contributed by atoms with Crippen molar-refractivity contribution in [1.29, 1.82) is 0 Å². The van der Waals surface area contributed by atoms with Gasteiger partial charge in [0, 0.05) is 19.4 Å². The SMILES string of the molecule is COCCNCCCSc1nc2ccccc2s1. The smallest absolute Gasteiger partial charge is 0.151 e. The standard InChI is InChI=1S/C13H18N2OS2/c1-16-9-8-14-7-4-10-17-13-15-11-5-2-3-6-12(11)18-13/h2-3,5-6,14H,4,7-10H2,1H3. The summed E-state index contributed by atoms with van der Waals surface area (Å²) in [7, 11) is 1.73. The molecule has 18 heavy (non-hydrogen) atoms. The van der Waals surface area contributed by atoms with Crippen LogP contribution in [-0.2, 0) is 4.74 Å². The predicted molar refractivity (Wildman–Crippen MR) is 79.7 cm³/mol. The average Bonchev–Trinajstić information content (AvgIpc) is 2.80. The molecule has 1 N–H and O–H groups in total. The summed E-state index contributed by atoms with van der Waals surface area (Å²) in [6.07, 6.45) is 1.16. The van der Waals surface area contributed by atoms with Crippen molar-refractivity contribution >= 4 is 33.3 Å². The first-order valence-electron chi connectivity index (χ1n) is 6.08. The van der Waals surface area contributed by atoms with Crippen LogP contribution < -0.4 is 5.32 Å². The fraction of sp³-hybridized carbons (Fsp3) is 0.462. The zero-order valence-corrected chi connectivity index (χ0v) is 12.1. The monoisotopic (exact) mass is 282 g/mol. The molecule has 0 aliphatic heterocycles. The van der Waals surface area contributed by atoms with E-state index >= 15 is 0 Å². The Balaban J connectivity index is 1.67. The summed E-state index contributed by atoms with van der Waals surface area (Å²) in [5.41, 5.74) is 1.11. The van der Waals surface area contributed by atoms with E-state index in [1.165, 1.54) is 9.04 Å². The van der Waals surface area contributed by atoms with Crippen molar-refractivity contribution < 1.29 is 4.74 Å². The van der Waals surface area contributed by atoms with Gasteiger partial charge in [-0.05, 0) is 25.1 Å². The Hall–Kier alpha value is -0.620. The number of thioether (sulfide) groups is 1. The molecule has 5 heteroatoms. The van der Waals surface area contributed by atoms with Crippen LogP contribution in [0.3, 0.4) is 0 Å². The molecule has 1 aromatic carbocycles. The molecular weight excluding hydrogens is 264 g/mol. The molecular formula is C13H18N2OS2. The quantitative estimate of drug-likeness (QED) is 0.596. The Kier molecular flexibility index (Phi) is 5.93. The van der Waals surface area contributed by atoms with Gasteiger partial charge in [0.25, 0.3) is 0 Å². The molecule has 0 unspecified atom stereocenters. The third kappa shape index (κ3) is 4.24. The van der Waals surface area contributed by atoms with Gasteiger partial charge >= 0.3 is 0 Å². The van der Waals surface area contributed by atoms with Crippen LogP contribution >= 0.6 is 23.1 Å². The summed E-state index contributed by atoms with van der Waals surface area (Å²) in [4.78, 5) is 4.60. The van der Waals surface area contributed by atoms with Crippen LogP contribution in [-0.4, -0.2) is 37.5 Å². The maximum Gasteiger partial charge on any atom is 0.151 e. The molecule has 3 nitrogen and oxygen atoms in total. The molecule has 0 saturated carbocycles. The molecule has 0 spiro atoms. The first-order chi connectivity index (χ1) is 8.90. The van der Waals surface area contributed by atoms with Gasteiger partial charge in [0.1, 0.15) is 0 Å². The minimum absolute atomic E-state index is 0.783. The molecule has 0 aliphatic rings. The molecule has 0 aliphatic carbocycles. The number of nitrogens with zero attached hydrogens (tertiary/aromatic N) is 1. The fourth-order valence-corrected chi connectivity index (χ4v) is 3.65. The summed E-state index contributed by atoms with van der Waals surface area (Å²) in [6.45, 7) is 2.76. The number of nitrogens with one attached hydrogen (secondary N) is 1. The Bertz CT molecular complexity index is 440. The molecule has 0 fully saturated rings. The van der Waals surface area contributed by atoms with Gasteiger partial charge in [-0.2, -0.15) is 0 Å². The van der Waals surface area contributed by atoms with Gasteiger partial charge in [0.2, 0.25) is 0 Å². The number of rotatable bonds is 8. The number of methoxy groups -OCH3 is 1. The predicted octanol–water partition coefficient (Wildman–Crippen LogP) is 3.01. The largest absolute Gasteiger partial charge is 0.383 e. The van der Waals surface area contributed by atoms with Crippen LogP contribution in [0.25, 0.3) is 10.2 Å². The van der Waals surface area contributed by atoms with E-state index in [0.29, 0.717) is 0 Å². The molecule has 98 valence electrons. The molecule has 2 aromatic rings. The second kappa shape index (κ2) is 7.74. The molecule has 2 rings (SSSR count). The van der Waals surface area contributed by atoms with E-state index in [4.69, 9.17) is 4.74 Å². The van der Waals surface area contributed by atoms with Gasteiger partial charge < -0.3 is 10.1 Å². The van der Waals surface area contributed by atoms with Crippen molar-refractivity contribution in [2.24, 2.45) is 0 Å². The molecule has 0 saturated heterocycles. The Morgan fingerprint density at radius 1 is 1.33 bits per heavy atom. The van der Waals surface area contributed by atoms with Crippen molar-refractivity contribution in [1.82, 2.24) is 10.3 Å². The van der Waals surface area contributed by atoms with Crippen LogP contribution in [0, 0.1) is 0 Å². The number of hydrogen-bond donors (Lipinski definition) is 1. The molecule has 0 atom stereocenters. The van der Waals surface area contributed by atoms with Crippen molar-refractivity contribution in [3.8, 4) is 0 Å². The molecule has 1 aromatic heterocycles. The van der Waals surface area contributed by atoms with Gasteiger partial charge in [0.05, 0.1) is 16.8 Å². The number of para-hydroxylation sites is 1. The van der Waals surface area contributed by atoms with Crippen LogP contribution in [0.2, 0.25) is 0 Å². The number of ether oxygens (including phenoxy) is 1. The molecule has 1 heterocycles. The summed E-state index contributed by atoms with van der Waals surface area (Å²) >= 11 is 3.63. The van der Waals surface area contributed by atoms with Gasteiger partial charge in [-0.3, -0.25) is 0 Å². The minimum Gasteiger partial charge on any atom is -0.383 e. The summed E-state index contributed by atoms with van der Waals surface area (Å²) < 4.78 is 7.43.